The highest BCUT2D eigenvalue weighted by atomic mass is 32.2. The molecule has 0 spiro atoms. The lowest BCUT2D eigenvalue weighted by atomic mass is 10.1. The predicted octanol–water partition coefficient (Wildman–Crippen LogP) is 1.98. The monoisotopic (exact) mass is 474 g/mol. The van der Waals surface area contributed by atoms with Crippen LogP contribution < -0.4 is 4.72 Å². The SMILES string of the molecule is CCS(=O)(=O)c1ccc(C2(NS(=O)[O-])CC2)nc1-c1ccn2nc(C(F)(F)F)cc2n1. The number of alkyl halides is 3. The molecular formula is C17H15F3N5O4S2-. The van der Waals surface area contributed by atoms with Gasteiger partial charge in [0.1, 0.15) is 5.69 Å². The van der Waals surface area contributed by atoms with Crippen LogP contribution in [-0.2, 0) is 32.8 Å². The van der Waals surface area contributed by atoms with Gasteiger partial charge in [0.15, 0.2) is 21.2 Å². The lowest BCUT2D eigenvalue weighted by molar-refractivity contribution is -0.141. The van der Waals surface area contributed by atoms with Crippen molar-refractivity contribution in [2.45, 2.75) is 36.4 Å². The van der Waals surface area contributed by atoms with E-state index in [-0.39, 0.29) is 27.7 Å². The van der Waals surface area contributed by atoms with Crippen molar-refractivity contribution < 1.29 is 30.4 Å². The maximum atomic E-state index is 13.0. The summed E-state index contributed by atoms with van der Waals surface area (Å²) in [5, 5.41) is 3.42. The van der Waals surface area contributed by atoms with Crippen LogP contribution in [0, 0.1) is 0 Å². The van der Waals surface area contributed by atoms with Gasteiger partial charge in [0, 0.05) is 23.5 Å². The van der Waals surface area contributed by atoms with E-state index in [1.807, 2.05) is 0 Å². The number of pyridine rings is 1. The minimum atomic E-state index is -4.67. The van der Waals surface area contributed by atoms with Gasteiger partial charge in [-0.15, -0.1) is 0 Å². The molecule has 1 N–H and O–H groups in total. The Kier molecular flexibility index (Phi) is 5.15. The molecule has 166 valence electrons. The Morgan fingerprint density at radius 1 is 1.26 bits per heavy atom. The molecule has 3 heterocycles. The topological polar surface area (TPSA) is 129 Å². The van der Waals surface area contributed by atoms with Gasteiger partial charge < -0.3 is 4.55 Å². The largest absolute Gasteiger partial charge is 0.760 e. The van der Waals surface area contributed by atoms with E-state index in [0.717, 1.165) is 10.6 Å². The molecule has 4 rings (SSSR count). The van der Waals surface area contributed by atoms with Crippen molar-refractivity contribution in [2.24, 2.45) is 0 Å². The molecule has 1 aliphatic carbocycles. The highest BCUT2D eigenvalue weighted by Crippen LogP contribution is 2.45. The van der Waals surface area contributed by atoms with Crippen LogP contribution >= 0.6 is 0 Å². The summed E-state index contributed by atoms with van der Waals surface area (Å²) in [5.74, 6) is -0.234. The summed E-state index contributed by atoms with van der Waals surface area (Å²) in [6, 6.07) is 4.79. The second kappa shape index (κ2) is 7.32. The van der Waals surface area contributed by atoms with E-state index in [0.29, 0.717) is 18.5 Å². The summed E-state index contributed by atoms with van der Waals surface area (Å²) >= 11 is -2.56. The second-order valence-corrected chi connectivity index (χ2v) is 9.93. The number of hydrogen-bond acceptors (Lipinski definition) is 7. The Bertz CT molecular complexity index is 1300. The van der Waals surface area contributed by atoms with Gasteiger partial charge in [0.25, 0.3) is 0 Å². The second-order valence-electron chi connectivity index (χ2n) is 7.01. The molecule has 0 amide bonds. The maximum Gasteiger partial charge on any atom is 0.435 e. The maximum absolute atomic E-state index is 13.0. The molecule has 1 aliphatic rings. The first-order valence-electron chi connectivity index (χ1n) is 9.00. The average molecular weight is 474 g/mol. The van der Waals surface area contributed by atoms with Crippen molar-refractivity contribution >= 4 is 26.8 Å². The third-order valence-electron chi connectivity index (χ3n) is 4.95. The van der Waals surface area contributed by atoms with Crippen LogP contribution in [0.15, 0.2) is 35.4 Å². The normalized spacial score (nSPS) is 17.1. The van der Waals surface area contributed by atoms with Crippen LogP contribution in [0.4, 0.5) is 13.2 Å². The quantitative estimate of drug-likeness (QED) is 0.541. The molecule has 0 radical (unpaired) electrons. The first-order chi connectivity index (χ1) is 14.4. The van der Waals surface area contributed by atoms with Crippen LogP contribution in [-0.4, -0.2) is 42.5 Å². The molecule has 9 nitrogen and oxygen atoms in total. The standard InChI is InChI=1S/C17H16F3N5O4S2/c1-2-31(28,29)11-3-4-12(16(6-7-16)24-30(26)27)22-15(11)10-5-8-25-14(21-10)9-13(23-25)17(18,19)20/h3-5,8-9,24H,2,6-7H2,1H3,(H,26,27)/p-1. The molecular weight excluding hydrogens is 459 g/mol. The molecule has 1 fully saturated rings. The Labute approximate surface area is 177 Å². The van der Waals surface area contributed by atoms with Gasteiger partial charge in [-0.05, 0) is 31.0 Å². The highest BCUT2D eigenvalue weighted by molar-refractivity contribution is 7.91. The molecule has 0 aliphatic heterocycles. The average Bonchev–Trinajstić information content (AvgIpc) is 3.33. The minimum absolute atomic E-state index is 0.0223. The third-order valence-corrected chi connectivity index (χ3v) is 7.27. The summed E-state index contributed by atoms with van der Waals surface area (Å²) in [6.07, 6.45) is -2.50. The zero-order valence-electron chi connectivity index (χ0n) is 15.9. The Balaban J connectivity index is 1.89. The fraction of sp³-hybridized carbons (Fsp3) is 0.353. The molecule has 3 aromatic heterocycles. The molecule has 0 bridgehead atoms. The number of nitrogens with one attached hydrogen (secondary N) is 1. The summed E-state index contributed by atoms with van der Waals surface area (Å²) in [5.41, 5.74) is -1.97. The minimum Gasteiger partial charge on any atom is -0.760 e. The van der Waals surface area contributed by atoms with E-state index < -0.39 is 38.5 Å². The Hall–Kier alpha value is -2.42. The fourth-order valence-corrected chi connectivity index (χ4v) is 4.81. The van der Waals surface area contributed by atoms with Crippen molar-refractivity contribution in [2.75, 3.05) is 5.75 Å². The summed E-state index contributed by atoms with van der Waals surface area (Å²) < 4.78 is 89.7. The van der Waals surface area contributed by atoms with Crippen LogP contribution in [0.25, 0.3) is 17.0 Å². The van der Waals surface area contributed by atoms with E-state index >= 15 is 0 Å². The zero-order chi connectivity index (χ0) is 22.6. The molecule has 1 atom stereocenters. The first kappa shape index (κ1) is 21.8. The molecule has 31 heavy (non-hydrogen) atoms. The summed E-state index contributed by atoms with van der Waals surface area (Å²) in [7, 11) is -3.76. The number of aromatic nitrogens is 4. The van der Waals surface area contributed by atoms with Gasteiger partial charge in [0.2, 0.25) is 0 Å². The van der Waals surface area contributed by atoms with Crippen molar-refractivity contribution in [3.63, 3.8) is 0 Å². The first-order valence-corrected chi connectivity index (χ1v) is 11.7. The zero-order valence-corrected chi connectivity index (χ0v) is 17.5. The van der Waals surface area contributed by atoms with Gasteiger partial charge in [-0.25, -0.2) is 27.6 Å². The fourth-order valence-electron chi connectivity index (χ4n) is 3.15. The van der Waals surface area contributed by atoms with Gasteiger partial charge >= 0.3 is 6.18 Å². The van der Waals surface area contributed by atoms with Crippen LogP contribution in [0.1, 0.15) is 31.2 Å². The molecule has 1 unspecified atom stereocenters. The van der Waals surface area contributed by atoms with Crippen molar-refractivity contribution in [3.8, 4) is 11.4 Å². The van der Waals surface area contributed by atoms with E-state index in [2.05, 4.69) is 19.8 Å². The number of rotatable bonds is 6. The van der Waals surface area contributed by atoms with Crippen LogP contribution in [0.3, 0.4) is 0 Å². The van der Waals surface area contributed by atoms with E-state index in [1.54, 1.807) is 0 Å². The van der Waals surface area contributed by atoms with Crippen molar-refractivity contribution in [3.05, 3.63) is 41.9 Å². The Morgan fingerprint density at radius 3 is 2.55 bits per heavy atom. The molecule has 3 aromatic rings. The van der Waals surface area contributed by atoms with Gasteiger partial charge in [-0.2, -0.15) is 18.3 Å². The molecule has 0 aromatic carbocycles. The van der Waals surface area contributed by atoms with Crippen molar-refractivity contribution in [1.82, 2.24) is 24.3 Å². The molecule has 0 saturated heterocycles. The summed E-state index contributed by atoms with van der Waals surface area (Å²) in [4.78, 5) is 8.35. The van der Waals surface area contributed by atoms with Gasteiger partial charge in [0.05, 0.1) is 27.6 Å². The van der Waals surface area contributed by atoms with E-state index in [1.165, 1.54) is 31.3 Å². The lowest BCUT2D eigenvalue weighted by Crippen LogP contribution is -2.31. The molecule has 1 saturated carbocycles. The number of halogens is 3. The number of fused-ring (bicyclic) bond motifs is 1. The number of nitrogens with zero attached hydrogens (tertiary/aromatic N) is 4. The third kappa shape index (κ3) is 4.07. The predicted molar refractivity (Wildman–Crippen MR) is 102 cm³/mol. The Morgan fingerprint density at radius 2 is 1.97 bits per heavy atom. The lowest BCUT2D eigenvalue weighted by Gasteiger charge is -2.20. The smallest absolute Gasteiger partial charge is 0.435 e. The van der Waals surface area contributed by atoms with E-state index in [9.17, 15) is 30.4 Å². The van der Waals surface area contributed by atoms with Crippen molar-refractivity contribution in [1.29, 1.82) is 0 Å². The van der Waals surface area contributed by atoms with Gasteiger partial charge in [-0.1, -0.05) is 6.92 Å². The number of hydrogen-bond donors (Lipinski definition) is 1. The molecule has 14 heteroatoms. The highest BCUT2D eigenvalue weighted by Gasteiger charge is 2.46. The van der Waals surface area contributed by atoms with Crippen LogP contribution in [0.2, 0.25) is 0 Å². The van der Waals surface area contributed by atoms with Crippen LogP contribution in [0.5, 0.6) is 0 Å². The van der Waals surface area contributed by atoms with E-state index in [4.69, 9.17) is 0 Å². The summed E-state index contributed by atoms with van der Waals surface area (Å²) in [6.45, 7) is 1.45. The number of sulfone groups is 1. The van der Waals surface area contributed by atoms with Gasteiger partial charge in [-0.3, -0.25) is 4.21 Å².